The fourth-order valence-corrected chi connectivity index (χ4v) is 14.3. The molecule has 67 heavy (non-hydrogen) atoms. The van der Waals surface area contributed by atoms with Crippen molar-refractivity contribution in [3.05, 3.63) is 0 Å². The van der Waals surface area contributed by atoms with Crippen LogP contribution in [0.3, 0.4) is 0 Å². The molecule has 0 aromatic carbocycles. The van der Waals surface area contributed by atoms with Gasteiger partial charge in [0.05, 0.1) is 38.4 Å². The van der Waals surface area contributed by atoms with E-state index >= 15 is 0 Å². The summed E-state index contributed by atoms with van der Waals surface area (Å²) in [7, 11) is 0. The van der Waals surface area contributed by atoms with Crippen LogP contribution in [0.15, 0.2) is 0 Å². The standard InChI is InChI=1S/C45H72O22/c1-16-27-23(61-39(16)58)11-21-19-5-4-17-10-18(6-8-44(17,2)20(19)7-9-45(21,27)3)60-41-35(57)32(54)36(26(14-48)64-41)65-43-38(67-42-34(56)31(53)29(51)24(12-46)62-42)37(30(52)25(13-47)63-43)66-40-33(55)28(50)22(49)15-59-40/h16-38,40-43,46-57H,4-15H2,1-3H3/t16?,17-,18?,19+,20?,21?,22+,23?,24+,25+,26+,27?,28-,29+,30+,31-,32+,33+,34+,35+,36-,37-,38+,40-,41+,42-,43-,44-,45-/m0/s1. The van der Waals surface area contributed by atoms with E-state index in [-0.39, 0.29) is 40.8 Å². The summed E-state index contributed by atoms with van der Waals surface area (Å²) < 4.78 is 53.5. The van der Waals surface area contributed by atoms with Crippen LogP contribution in [0.2, 0.25) is 0 Å². The Hall–Kier alpha value is -1.33. The third-order valence-corrected chi connectivity index (χ3v) is 18.0. The zero-order valence-electron chi connectivity index (χ0n) is 38.0. The number of rotatable bonds is 11. The number of hydrogen-bond acceptors (Lipinski definition) is 22. The van der Waals surface area contributed by atoms with Crippen molar-refractivity contribution < 1.29 is 109 Å². The van der Waals surface area contributed by atoms with Crippen LogP contribution in [-0.2, 0) is 47.4 Å². The SMILES string of the molecule is CC1C(=O)OC2CC3[C@@H]4CC[C@H]5CC(O[C@@H]6O[C@H](CO)[C@H](O[C@@H]7O[C@H](CO)[C@@H](O)[C@H](O[C@@H]8OC[C@@H](O)[C@H](O)[C@H]8O)[C@H]7O[C@@H]7O[C@H](CO)[C@@H](O)[C@H](O)[C@H]7O)[C@H](O)[C@H]6O)CC[C@]5(C)C4CC[C@]3(C)C21. The summed E-state index contributed by atoms with van der Waals surface area (Å²) in [6.07, 6.45) is -25.9. The highest BCUT2D eigenvalue weighted by Crippen LogP contribution is 2.69. The maximum Gasteiger partial charge on any atom is 0.309 e. The number of aliphatic hydroxyl groups excluding tert-OH is 12. The number of esters is 1. The molecule has 22 nitrogen and oxygen atoms in total. The minimum Gasteiger partial charge on any atom is -0.462 e. The van der Waals surface area contributed by atoms with Gasteiger partial charge in [-0.15, -0.1) is 0 Å². The summed E-state index contributed by atoms with van der Waals surface area (Å²) in [6.45, 7) is 3.80. The Balaban J connectivity index is 0.891. The fraction of sp³-hybridized carbons (Fsp3) is 0.978. The van der Waals surface area contributed by atoms with E-state index in [9.17, 15) is 66.1 Å². The third-order valence-electron chi connectivity index (χ3n) is 18.0. The van der Waals surface area contributed by atoms with Crippen molar-refractivity contribution >= 4 is 5.97 Å². The molecule has 5 heterocycles. The molecule has 9 fully saturated rings. The number of aliphatic hydroxyl groups is 12. The first-order valence-corrected chi connectivity index (χ1v) is 24.2. The molecule has 0 aromatic rings. The fourth-order valence-electron chi connectivity index (χ4n) is 14.3. The van der Waals surface area contributed by atoms with Gasteiger partial charge in [-0.2, -0.15) is 0 Å². The van der Waals surface area contributed by atoms with Gasteiger partial charge >= 0.3 is 5.97 Å². The zero-order valence-corrected chi connectivity index (χ0v) is 38.0. The summed E-state index contributed by atoms with van der Waals surface area (Å²) in [5, 5.41) is 129. The normalized spacial score (nSPS) is 56.6. The molecule has 9 rings (SSSR count). The lowest BCUT2D eigenvalue weighted by molar-refractivity contribution is -0.404. The molecule has 0 spiro atoms. The van der Waals surface area contributed by atoms with Gasteiger partial charge in [0, 0.05) is 5.92 Å². The Morgan fingerprint density at radius 1 is 0.567 bits per heavy atom. The minimum atomic E-state index is -2.00. The molecule has 4 saturated carbocycles. The number of ether oxygens (including phenoxy) is 9. The van der Waals surface area contributed by atoms with Gasteiger partial charge in [0.2, 0.25) is 0 Å². The Morgan fingerprint density at radius 3 is 1.88 bits per heavy atom. The molecule has 0 aromatic heterocycles. The first-order chi connectivity index (χ1) is 31.8. The van der Waals surface area contributed by atoms with Crippen LogP contribution in [0.4, 0.5) is 0 Å². The quantitative estimate of drug-likeness (QED) is 0.0696. The molecule has 0 radical (unpaired) electrons. The first kappa shape index (κ1) is 50.6. The van der Waals surface area contributed by atoms with Gasteiger partial charge < -0.3 is 104 Å². The number of carbonyl (C=O) groups is 1. The van der Waals surface area contributed by atoms with E-state index in [4.69, 9.17) is 42.6 Å². The Bertz CT molecular complexity index is 1710. The highest BCUT2D eigenvalue weighted by atomic mass is 16.8. The van der Waals surface area contributed by atoms with Crippen LogP contribution in [0, 0.1) is 46.3 Å². The van der Waals surface area contributed by atoms with E-state index in [0.29, 0.717) is 36.5 Å². The van der Waals surface area contributed by atoms with Crippen molar-refractivity contribution in [2.45, 2.75) is 201 Å². The molecule has 0 amide bonds. The molecular formula is C45H72O22. The highest BCUT2D eigenvalue weighted by Gasteiger charge is 2.67. The largest absolute Gasteiger partial charge is 0.462 e. The zero-order chi connectivity index (χ0) is 48.0. The molecule has 9 aliphatic rings. The van der Waals surface area contributed by atoms with Gasteiger partial charge in [0.1, 0.15) is 97.7 Å². The van der Waals surface area contributed by atoms with E-state index in [1.807, 2.05) is 6.92 Å². The van der Waals surface area contributed by atoms with Crippen molar-refractivity contribution in [1.29, 1.82) is 0 Å². The summed E-state index contributed by atoms with van der Waals surface area (Å²) in [5.41, 5.74) is 0.128. The second-order valence-corrected chi connectivity index (χ2v) is 21.4. The summed E-state index contributed by atoms with van der Waals surface area (Å²) in [6, 6.07) is 0. The average Bonchev–Trinajstić information content (AvgIpc) is 3.77. The van der Waals surface area contributed by atoms with Gasteiger partial charge in [-0.1, -0.05) is 20.8 Å². The van der Waals surface area contributed by atoms with E-state index in [1.54, 1.807) is 0 Å². The van der Waals surface area contributed by atoms with Crippen LogP contribution in [-0.4, -0.2) is 223 Å². The van der Waals surface area contributed by atoms with Crippen LogP contribution >= 0.6 is 0 Å². The lowest BCUT2D eigenvalue weighted by Crippen LogP contribution is -2.68. The van der Waals surface area contributed by atoms with E-state index in [0.717, 1.165) is 38.5 Å². The number of hydrogen-bond donors (Lipinski definition) is 12. The molecule has 5 aliphatic heterocycles. The van der Waals surface area contributed by atoms with E-state index in [1.165, 1.54) is 0 Å². The maximum absolute atomic E-state index is 12.5. The summed E-state index contributed by atoms with van der Waals surface area (Å²) in [5.74, 6) is 1.98. The van der Waals surface area contributed by atoms with Gasteiger partial charge in [0.25, 0.3) is 0 Å². The van der Waals surface area contributed by atoms with Crippen LogP contribution < -0.4 is 0 Å². The van der Waals surface area contributed by atoms with Crippen LogP contribution in [0.25, 0.3) is 0 Å². The van der Waals surface area contributed by atoms with Gasteiger partial charge in [-0.3, -0.25) is 4.79 Å². The van der Waals surface area contributed by atoms with Crippen LogP contribution in [0.1, 0.15) is 72.1 Å². The van der Waals surface area contributed by atoms with Crippen molar-refractivity contribution in [3.8, 4) is 0 Å². The van der Waals surface area contributed by atoms with E-state index in [2.05, 4.69) is 13.8 Å². The van der Waals surface area contributed by atoms with Crippen molar-refractivity contribution in [2.75, 3.05) is 26.4 Å². The van der Waals surface area contributed by atoms with Gasteiger partial charge in [-0.25, -0.2) is 0 Å². The molecule has 6 unspecified atom stereocenters. The Morgan fingerprint density at radius 2 is 1.16 bits per heavy atom. The molecule has 12 N–H and O–H groups in total. The Kier molecular flexibility index (Phi) is 14.8. The second kappa shape index (κ2) is 19.6. The van der Waals surface area contributed by atoms with E-state index < -0.39 is 143 Å². The topological polar surface area (TPSA) is 343 Å². The third kappa shape index (κ3) is 8.72. The molecule has 384 valence electrons. The number of carbonyl (C=O) groups excluding carboxylic acids is 1. The number of fused-ring (bicyclic) bond motifs is 7. The average molecular weight is 965 g/mol. The molecule has 22 heteroatoms. The summed E-state index contributed by atoms with van der Waals surface area (Å²) >= 11 is 0. The van der Waals surface area contributed by atoms with Crippen LogP contribution in [0.5, 0.6) is 0 Å². The van der Waals surface area contributed by atoms with Gasteiger partial charge in [-0.05, 0) is 85.9 Å². The highest BCUT2D eigenvalue weighted by molar-refractivity contribution is 5.75. The predicted molar refractivity (Wildman–Crippen MR) is 220 cm³/mol. The minimum absolute atomic E-state index is 0.00235. The molecule has 5 saturated heterocycles. The molecule has 4 aliphatic carbocycles. The lowest BCUT2D eigenvalue weighted by atomic mass is 9.44. The molecule has 29 atom stereocenters. The molecule has 0 bridgehead atoms. The Labute approximate surface area is 387 Å². The maximum atomic E-state index is 12.5. The van der Waals surface area contributed by atoms with Crippen molar-refractivity contribution in [1.82, 2.24) is 0 Å². The summed E-state index contributed by atoms with van der Waals surface area (Å²) in [4.78, 5) is 12.5. The smallest absolute Gasteiger partial charge is 0.309 e. The lowest BCUT2D eigenvalue weighted by Gasteiger charge is -2.61. The molecular weight excluding hydrogens is 892 g/mol. The van der Waals surface area contributed by atoms with Crippen molar-refractivity contribution in [3.63, 3.8) is 0 Å². The van der Waals surface area contributed by atoms with Gasteiger partial charge in [0.15, 0.2) is 25.2 Å². The predicted octanol–water partition coefficient (Wildman–Crippen LogP) is -3.89. The second-order valence-electron chi connectivity index (χ2n) is 21.4. The first-order valence-electron chi connectivity index (χ1n) is 24.2. The monoisotopic (exact) mass is 964 g/mol. The van der Waals surface area contributed by atoms with Crippen molar-refractivity contribution in [2.24, 2.45) is 46.3 Å².